The minimum absolute atomic E-state index is 0.561. The summed E-state index contributed by atoms with van der Waals surface area (Å²) < 4.78 is 16.0. The van der Waals surface area contributed by atoms with Crippen LogP contribution in [0.4, 0.5) is 0 Å². The summed E-state index contributed by atoms with van der Waals surface area (Å²) in [5, 5.41) is 9.83. The Morgan fingerprint density at radius 1 is 0.944 bits per heavy atom. The summed E-state index contributed by atoms with van der Waals surface area (Å²) in [6.07, 6.45) is 0. The molecule has 0 saturated carbocycles. The summed E-state index contributed by atoms with van der Waals surface area (Å²) in [5.74, 6) is 1.79. The summed E-state index contributed by atoms with van der Waals surface area (Å²) in [7, 11) is 4.76. The highest BCUT2D eigenvalue weighted by Gasteiger charge is 2.19. The SMILES string of the molecule is COc1ccc(-c2nnc(C)s2)c(OC)c1OC. The number of benzene rings is 1. The van der Waals surface area contributed by atoms with Gasteiger partial charge in [-0.1, -0.05) is 11.3 Å². The van der Waals surface area contributed by atoms with Crippen molar-refractivity contribution in [2.24, 2.45) is 0 Å². The molecule has 18 heavy (non-hydrogen) atoms. The molecule has 1 aromatic heterocycles. The minimum Gasteiger partial charge on any atom is -0.493 e. The van der Waals surface area contributed by atoms with Gasteiger partial charge in [0.05, 0.1) is 26.9 Å². The third-order valence-electron chi connectivity index (χ3n) is 2.46. The van der Waals surface area contributed by atoms with Gasteiger partial charge in [0, 0.05) is 0 Å². The number of hydrogen-bond acceptors (Lipinski definition) is 6. The summed E-state index contributed by atoms with van der Waals surface area (Å²) >= 11 is 1.50. The molecule has 0 aliphatic heterocycles. The number of nitrogens with zero attached hydrogens (tertiary/aromatic N) is 2. The highest BCUT2D eigenvalue weighted by molar-refractivity contribution is 7.14. The second-order valence-electron chi connectivity index (χ2n) is 3.51. The van der Waals surface area contributed by atoms with E-state index in [0.717, 1.165) is 15.6 Å². The van der Waals surface area contributed by atoms with Gasteiger partial charge in [-0.2, -0.15) is 0 Å². The van der Waals surface area contributed by atoms with Crippen molar-refractivity contribution in [1.29, 1.82) is 0 Å². The summed E-state index contributed by atoms with van der Waals surface area (Å²) in [4.78, 5) is 0. The van der Waals surface area contributed by atoms with Gasteiger partial charge >= 0.3 is 0 Å². The van der Waals surface area contributed by atoms with Crippen molar-refractivity contribution in [2.45, 2.75) is 6.92 Å². The lowest BCUT2D eigenvalue weighted by molar-refractivity contribution is 0.325. The standard InChI is InChI=1S/C12H14N2O3S/c1-7-13-14-12(18-7)8-5-6-9(15-2)11(17-4)10(8)16-3/h5-6H,1-4H3. The molecular formula is C12H14N2O3S. The van der Waals surface area contributed by atoms with Crippen LogP contribution in [0.5, 0.6) is 17.2 Å². The van der Waals surface area contributed by atoms with Gasteiger partial charge in [0.2, 0.25) is 5.75 Å². The van der Waals surface area contributed by atoms with Gasteiger partial charge in [-0.15, -0.1) is 10.2 Å². The zero-order chi connectivity index (χ0) is 13.1. The maximum absolute atomic E-state index is 5.41. The molecule has 96 valence electrons. The Balaban J connectivity index is 2.61. The van der Waals surface area contributed by atoms with Crippen LogP contribution in [-0.4, -0.2) is 31.5 Å². The number of hydrogen-bond donors (Lipinski definition) is 0. The van der Waals surface area contributed by atoms with Crippen LogP contribution in [0.2, 0.25) is 0 Å². The zero-order valence-electron chi connectivity index (χ0n) is 10.7. The number of aryl methyl sites for hydroxylation is 1. The highest BCUT2D eigenvalue weighted by Crippen LogP contribution is 2.44. The van der Waals surface area contributed by atoms with E-state index in [0.29, 0.717) is 17.2 Å². The molecule has 1 aromatic carbocycles. The van der Waals surface area contributed by atoms with Crippen LogP contribution in [-0.2, 0) is 0 Å². The predicted octanol–water partition coefficient (Wildman–Crippen LogP) is 2.54. The van der Waals surface area contributed by atoms with Crippen LogP contribution in [0, 0.1) is 6.92 Å². The van der Waals surface area contributed by atoms with Gasteiger partial charge in [-0.3, -0.25) is 0 Å². The van der Waals surface area contributed by atoms with Gasteiger partial charge in [-0.25, -0.2) is 0 Å². The van der Waals surface area contributed by atoms with Gasteiger partial charge < -0.3 is 14.2 Å². The smallest absolute Gasteiger partial charge is 0.204 e. The van der Waals surface area contributed by atoms with Crippen molar-refractivity contribution in [3.63, 3.8) is 0 Å². The van der Waals surface area contributed by atoms with E-state index in [9.17, 15) is 0 Å². The van der Waals surface area contributed by atoms with E-state index in [4.69, 9.17) is 14.2 Å². The molecule has 0 unspecified atom stereocenters. The zero-order valence-corrected chi connectivity index (χ0v) is 11.5. The monoisotopic (exact) mass is 266 g/mol. The first-order valence-electron chi connectivity index (χ1n) is 5.30. The molecule has 0 atom stereocenters. The molecule has 0 radical (unpaired) electrons. The van der Waals surface area contributed by atoms with Crippen LogP contribution >= 0.6 is 11.3 Å². The molecule has 6 heteroatoms. The number of rotatable bonds is 4. The second-order valence-corrected chi connectivity index (χ2v) is 4.69. The fourth-order valence-electron chi connectivity index (χ4n) is 1.68. The van der Waals surface area contributed by atoms with Crippen molar-refractivity contribution < 1.29 is 14.2 Å². The van der Waals surface area contributed by atoms with E-state index in [-0.39, 0.29) is 0 Å². The quantitative estimate of drug-likeness (QED) is 0.851. The molecule has 0 fully saturated rings. The van der Waals surface area contributed by atoms with Gasteiger partial charge in [-0.05, 0) is 19.1 Å². The normalized spacial score (nSPS) is 10.2. The molecule has 2 rings (SSSR count). The fraction of sp³-hybridized carbons (Fsp3) is 0.333. The van der Waals surface area contributed by atoms with E-state index in [1.807, 2.05) is 19.1 Å². The molecular weight excluding hydrogens is 252 g/mol. The van der Waals surface area contributed by atoms with Crippen LogP contribution in [0.3, 0.4) is 0 Å². The fourth-order valence-corrected chi connectivity index (χ4v) is 2.39. The molecule has 5 nitrogen and oxygen atoms in total. The lowest BCUT2D eigenvalue weighted by Crippen LogP contribution is -1.96. The molecule has 0 bridgehead atoms. The maximum atomic E-state index is 5.41. The minimum atomic E-state index is 0.561. The predicted molar refractivity (Wildman–Crippen MR) is 69.7 cm³/mol. The topological polar surface area (TPSA) is 53.5 Å². The highest BCUT2D eigenvalue weighted by atomic mass is 32.1. The molecule has 1 heterocycles. The Hall–Kier alpha value is -1.82. The molecule has 0 saturated heterocycles. The van der Waals surface area contributed by atoms with Crippen molar-refractivity contribution in [3.8, 4) is 27.8 Å². The van der Waals surface area contributed by atoms with Crippen molar-refractivity contribution in [1.82, 2.24) is 10.2 Å². The summed E-state index contributed by atoms with van der Waals surface area (Å²) in [5.41, 5.74) is 0.848. The number of aromatic nitrogens is 2. The molecule has 0 amide bonds. The largest absolute Gasteiger partial charge is 0.493 e. The first-order valence-corrected chi connectivity index (χ1v) is 6.12. The summed E-state index contributed by atoms with van der Waals surface area (Å²) in [6, 6.07) is 3.72. The van der Waals surface area contributed by atoms with Crippen LogP contribution in [0.15, 0.2) is 12.1 Å². The maximum Gasteiger partial charge on any atom is 0.204 e. The van der Waals surface area contributed by atoms with Crippen LogP contribution in [0.25, 0.3) is 10.6 Å². The second kappa shape index (κ2) is 5.22. The first-order chi connectivity index (χ1) is 8.71. The number of methoxy groups -OCH3 is 3. The van der Waals surface area contributed by atoms with Crippen molar-refractivity contribution >= 4 is 11.3 Å². The van der Waals surface area contributed by atoms with E-state index in [2.05, 4.69) is 10.2 Å². The average molecular weight is 266 g/mol. The average Bonchev–Trinajstić information content (AvgIpc) is 2.83. The third-order valence-corrected chi connectivity index (χ3v) is 3.33. The molecule has 0 spiro atoms. The summed E-state index contributed by atoms with van der Waals surface area (Å²) in [6.45, 7) is 1.91. The Kier molecular flexibility index (Phi) is 3.66. The van der Waals surface area contributed by atoms with E-state index >= 15 is 0 Å². The Morgan fingerprint density at radius 3 is 2.17 bits per heavy atom. The Labute approximate surface area is 109 Å². The van der Waals surface area contributed by atoms with Gasteiger partial charge in [0.25, 0.3) is 0 Å². The van der Waals surface area contributed by atoms with Gasteiger partial charge in [0.1, 0.15) is 5.01 Å². The number of ether oxygens (including phenoxy) is 3. The molecule has 0 N–H and O–H groups in total. The third kappa shape index (κ3) is 2.11. The lowest BCUT2D eigenvalue weighted by Gasteiger charge is -2.14. The lowest BCUT2D eigenvalue weighted by atomic mass is 10.2. The Morgan fingerprint density at radius 2 is 1.67 bits per heavy atom. The van der Waals surface area contributed by atoms with E-state index < -0.39 is 0 Å². The van der Waals surface area contributed by atoms with Crippen LogP contribution in [0.1, 0.15) is 5.01 Å². The molecule has 2 aromatic rings. The van der Waals surface area contributed by atoms with E-state index in [1.54, 1.807) is 21.3 Å². The van der Waals surface area contributed by atoms with Crippen molar-refractivity contribution in [3.05, 3.63) is 17.1 Å². The molecule has 0 aliphatic carbocycles. The van der Waals surface area contributed by atoms with Crippen LogP contribution < -0.4 is 14.2 Å². The van der Waals surface area contributed by atoms with E-state index in [1.165, 1.54) is 11.3 Å². The first kappa shape index (κ1) is 12.6. The van der Waals surface area contributed by atoms with Gasteiger partial charge in [0.15, 0.2) is 16.5 Å². The molecule has 0 aliphatic rings. The van der Waals surface area contributed by atoms with Crippen molar-refractivity contribution in [2.75, 3.05) is 21.3 Å². The Bertz CT molecular complexity index is 554.